The maximum atomic E-state index is 11.1. The molecule has 1 fully saturated rings. The van der Waals surface area contributed by atoms with E-state index < -0.39 is 23.4 Å². The predicted octanol–water partition coefficient (Wildman–Crippen LogP) is -1.54. The van der Waals surface area contributed by atoms with Gasteiger partial charge in [0.1, 0.15) is 0 Å². The lowest BCUT2D eigenvalue weighted by Crippen LogP contribution is -2.70. The van der Waals surface area contributed by atoms with E-state index in [1.807, 2.05) is 10.6 Å². The van der Waals surface area contributed by atoms with Gasteiger partial charge in [-0.1, -0.05) is 6.92 Å². The van der Waals surface area contributed by atoms with E-state index in [1.54, 1.807) is 6.92 Å². The van der Waals surface area contributed by atoms with E-state index in [4.69, 9.17) is 5.73 Å². The third-order valence-corrected chi connectivity index (χ3v) is 1.82. The molecule has 0 radical (unpaired) electrons. The summed E-state index contributed by atoms with van der Waals surface area (Å²) in [5, 5.41) is 3.83. The van der Waals surface area contributed by atoms with Gasteiger partial charge >= 0.3 is 6.03 Å². The van der Waals surface area contributed by atoms with Gasteiger partial charge in [-0.2, -0.15) is 0 Å². The lowest BCUT2D eigenvalue weighted by Gasteiger charge is -2.28. The predicted molar refractivity (Wildman–Crippen MR) is 38.9 cm³/mol. The van der Waals surface area contributed by atoms with Crippen molar-refractivity contribution >= 4 is 17.8 Å². The van der Waals surface area contributed by atoms with Crippen LogP contribution in [0.5, 0.6) is 0 Å². The molecule has 0 unspecified atom stereocenters. The fourth-order valence-electron chi connectivity index (χ4n) is 0.885. The second kappa shape index (κ2) is 2.56. The average Bonchev–Trinajstić information content (AvgIpc) is 2.00. The number of nitrogens with one attached hydrogen (secondary N) is 2. The Morgan fingerprint density at radius 2 is 1.67 bits per heavy atom. The summed E-state index contributed by atoms with van der Waals surface area (Å²) in [6, 6.07) is -0.820. The molecule has 4 amide bonds. The van der Waals surface area contributed by atoms with Crippen molar-refractivity contribution in [1.82, 2.24) is 10.6 Å². The van der Waals surface area contributed by atoms with E-state index in [-0.39, 0.29) is 6.42 Å². The normalized spacial score (nSPS) is 21.7. The van der Waals surface area contributed by atoms with Gasteiger partial charge in [-0.3, -0.25) is 20.2 Å². The van der Waals surface area contributed by atoms with E-state index in [1.165, 1.54) is 0 Å². The average molecular weight is 171 g/mol. The number of rotatable bonds is 1. The SMILES string of the molecule is CCC1(N)C(=O)NC(=O)NC1=O. The summed E-state index contributed by atoms with van der Waals surface area (Å²) in [6.07, 6.45) is 0.151. The molecule has 6 heteroatoms. The number of carbonyl (C=O) groups excluding carboxylic acids is 3. The van der Waals surface area contributed by atoms with Crippen LogP contribution in [0.4, 0.5) is 4.79 Å². The number of urea groups is 1. The highest BCUT2D eigenvalue weighted by atomic mass is 16.2. The number of hydrogen-bond acceptors (Lipinski definition) is 4. The summed E-state index contributed by atoms with van der Waals surface area (Å²) in [4.78, 5) is 32.7. The van der Waals surface area contributed by atoms with Crippen LogP contribution in [0.3, 0.4) is 0 Å². The summed E-state index contributed by atoms with van der Waals surface area (Å²) in [6.45, 7) is 1.59. The number of barbiturate groups is 1. The summed E-state index contributed by atoms with van der Waals surface area (Å²) >= 11 is 0. The minimum atomic E-state index is -1.60. The number of hydrogen-bond donors (Lipinski definition) is 3. The van der Waals surface area contributed by atoms with Gasteiger partial charge in [0, 0.05) is 0 Å². The van der Waals surface area contributed by atoms with Crippen molar-refractivity contribution in [2.45, 2.75) is 18.9 Å². The molecule has 6 nitrogen and oxygen atoms in total. The molecular formula is C6H9N3O3. The highest BCUT2D eigenvalue weighted by Gasteiger charge is 2.45. The van der Waals surface area contributed by atoms with Crippen LogP contribution in [0, 0.1) is 0 Å². The lowest BCUT2D eigenvalue weighted by atomic mass is 9.94. The summed E-state index contributed by atoms with van der Waals surface area (Å²) in [5.74, 6) is -1.50. The number of carbonyl (C=O) groups is 3. The van der Waals surface area contributed by atoms with Crippen molar-refractivity contribution < 1.29 is 14.4 Å². The van der Waals surface area contributed by atoms with Gasteiger partial charge in [0.25, 0.3) is 11.8 Å². The third kappa shape index (κ3) is 1.06. The van der Waals surface area contributed by atoms with E-state index in [2.05, 4.69) is 0 Å². The Balaban J connectivity index is 2.95. The fourth-order valence-corrected chi connectivity index (χ4v) is 0.885. The van der Waals surface area contributed by atoms with Crippen LogP contribution in [0.2, 0.25) is 0 Å². The fraction of sp³-hybridized carbons (Fsp3) is 0.500. The van der Waals surface area contributed by atoms with Crippen LogP contribution >= 0.6 is 0 Å². The van der Waals surface area contributed by atoms with Crippen molar-refractivity contribution in [3.05, 3.63) is 0 Å². The van der Waals surface area contributed by atoms with Gasteiger partial charge in [-0.05, 0) is 6.42 Å². The van der Waals surface area contributed by atoms with Crippen LogP contribution in [-0.2, 0) is 9.59 Å². The second-order valence-corrected chi connectivity index (χ2v) is 2.56. The van der Waals surface area contributed by atoms with Crippen LogP contribution in [-0.4, -0.2) is 23.4 Å². The molecule has 12 heavy (non-hydrogen) atoms. The smallest absolute Gasteiger partial charge is 0.309 e. The zero-order valence-corrected chi connectivity index (χ0v) is 6.51. The molecule has 4 N–H and O–H groups in total. The van der Waals surface area contributed by atoms with Gasteiger partial charge in [0.2, 0.25) is 0 Å². The molecule has 0 spiro atoms. The van der Waals surface area contributed by atoms with Crippen molar-refractivity contribution in [3.8, 4) is 0 Å². The van der Waals surface area contributed by atoms with Crippen LogP contribution < -0.4 is 16.4 Å². The Bertz CT molecular complexity index is 241. The first-order chi connectivity index (χ1) is 5.50. The lowest BCUT2D eigenvalue weighted by molar-refractivity contribution is -0.137. The first-order valence-electron chi connectivity index (χ1n) is 3.46. The second-order valence-electron chi connectivity index (χ2n) is 2.56. The molecule has 0 bridgehead atoms. The van der Waals surface area contributed by atoms with E-state index in [9.17, 15) is 14.4 Å². The largest absolute Gasteiger partial charge is 0.328 e. The highest BCUT2D eigenvalue weighted by molar-refractivity contribution is 6.22. The summed E-state index contributed by atoms with van der Waals surface area (Å²) in [5.41, 5.74) is 3.83. The Hall–Kier alpha value is -1.43. The van der Waals surface area contributed by atoms with Gasteiger partial charge in [-0.15, -0.1) is 0 Å². The minimum Gasteiger partial charge on any atom is -0.309 e. The molecule has 0 aliphatic carbocycles. The molecule has 66 valence electrons. The molecule has 1 aliphatic rings. The Morgan fingerprint density at radius 1 is 1.25 bits per heavy atom. The molecular weight excluding hydrogens is 162 g/mol. The molecule has 0 aromatic heterocycles. The van der Waals surface area contributed by atoms with Gasteiger partial charge in [0.15, 0.2) is 5.54 Å². The van der Waals surface area contributed by atoms with Gasteiger partial charge in [0.05, 0.1) is 0 Å². The van der Waals surface area contributed by atoms with E-state index in [0.29, 0.717) is 0 Å². The highest BCUT2D eigenvalue weighted by Crippen LogP contribution is 2.09. The number of amides is 4. The number of imide groups is 2. The third-order valence-electron chi connectivity index (χ3n) is 1.82. The zero-order chi connectivity index (χ0) is 9.35. The van der Waals surface area contributed by atoms with Crippen LogP contribution in [0.1, 0.15) is 13.3 Å². The molecule has 0 saturated carbocycles. The Kier molecular flexibility index (Phi) is 1.85. The molecule has 1 saturated heterocycles. The first kappa shape index (κ1) is 8.66. The molecule has 0 aromatic carbocycles. The monoisotopic (exact) mass is 171 g/mol. The van der Waals surface area contributed by atoms with Crippen molar-refractivity contribution in [3.63, 3.8) is 0 Å². The van der Waals surface area contributed by atoms with Crippen LogP contribution in [0.15, 0.2) is 0 Å². The summed E-state index contributed by atoms with van der Waals surface area (Å²) in [7, 11) is 0. The van der Waals surface area contributed by atoms with Crippen molar-refractivity contribution in [2.75, 3.05) is 0 Å². The van der Waals surface area contributed by atoms with Gasteiger partial charge in [-0.25, -0.2) is 4.79 Å². The van der Waals surface area contributed by atoms with Crippen molar-refractivity contribution in [1.29, 1.82) is 0 Å². The number of nitrogens with two attached hydrogens (primary N) is 1. The van der Waals surface area contributed by atoms with E-state index >= 15 is 0 Å². The van der Waals surface area contributed by atoms with E-state index in [0.717, 1.165) is 0 Å². The first-order valence-corrected chi connectivity index (χ1v) is 3.46. The maximum absolute atomic E-state index is 11.1. The van der Waals surface area contributed by atoms with Gasteiger partial charge < -0.3 is 5.73 Å². The topological polar surface area (TPSA) is 101 Å². The quantitative estimate of drug-likeness (QED) is 0.416. The molecule has 0 aromatic rings. The summed E-state index contributed by atoms with van der Waals surface area (Å²) < 4.78 is 0. The molecule has 1 aliphatic heterocycles. The minimum absolute atomic E-state index is 0.151. The molecule has 1 heterocycles. The standard InChI is InChI=1S/C6H9N3O3/c1-2-6(7)3(10)8-5(12)9-4(6)11/h2,7H2,1H3,(H2,8,9,10,11,12). The zero-order valence-electron chi connectivity index (χ0n) is 6.51. The molecule has 1 rings (SSSR count). The Morgan fingerprint density at radius 3 is 2.00 bits per heavy atom. The maximum Gasteiger partial charge on any atom is 0.328 e. The Labute approximate surface area is 68.5 Å². The van der Waals surface area contributed by atoms with Crippen LogP contribution in [0.25, 0.3) is 0 Å². The van der Waals surface area contributed by atoms with Crippen molar-refractivity contribution in [2.24, 2.45) is 5.73 Å². The molecule has 0 atom stereocenters.